The van der Waals surface area contributed by atoms with E-state index in [9.17, 15) is 9.59 Å². The van der Waals surface area contributed by atoms with E-state index in [2.05, 4.69) is 15.6 Å². The molecular weight excluding hydrogens is 332 g/mol. The number of anilines is 1. The first-order valence-corrected chi connectivity index (χ1v) is 8.56. The van der Waals surface area contributed by atoms with Gasteiger partial charge in [0.2, 0.25) is 11.8 Å². The van der Waals surface area contributed by atoms with Gasteiger partial charge in [0.15, 0.2) is 0 Å². The number of carbonyl (C=O) groups is 2. The zero-order chi connectivity index (χ0) is 18.4. The maximum atomic E-state index is 12.5. The molecule has 1 atom stereocenters. The Bertz CT molecular complexity index is 766. The van der Waals surface area contributed by atoms with Crippen LogP contribution in [0.4, 0.5) is 10.5 Å². The minimum Gasteiger partial charge on any atom is -0.480 e. The number of nitrogens with one attached hydrogen (secondary N) is 2. The zero-order valence-corrected chi connectivity index (χ0v) is 14.6. The molecule has 3 amide bonds. The summed E-state index contributed by atoms with van der Waals surface area (Å²) in [5.41, 5.74) is 1.43. The predicted octanol–water partition coefficient (Wildman–Crippen LogP) is 2.58. The first-order chi connectivity index (χ1) is 12.7. The summed E-state index contributed by atoms with van der Waals surface area (Å²) in [6.07, 6.45) is 3.02. The van der Waals surface area contributed by atoms with E-state index in [0.29, 0.717) is 24.5 Å². The quantitative estimate of drug-likeness (QED) is 0.835. The number of pyridine rings is 1. The smallest absolute Gasteiger partial charge is 0.319 e. The van der Waals surface area contributed by atoms with E-state index >= 15 is 0 Å². The summed E-state index contributed by atoms with van der Waals surface area (Å²) in [7, 11) is 1.50. The number of carbonyl (C=O) groups excluding carboxylic acids is 2. The van der Waals surface area contributed by atoms with Crippen LogP contribution in [0.25, 0.3) is 0 Å². The minimum absolute atomic E-state index is 0.127. The molecule has 3 rings (SSSR count). The Morgan fingerprint density at radius 2 is 2.08 bits per heavy atom. The van der Waals surface area contributed by atoms with Gasteiger partial charge >= 0.3 is 6.03 Å². The summed E-state index contributed by atoms with van der Waals surface area (Å²) in [6, 6.07) is 12.4. The highest BCUT2D eigenvalue weighted by Crippen LogP contribution is 2.21. The molecule has 2 aromatic rings. The average Bonchev–Trinajstić information content (AvgIpc) is 3.07. The second-order valence-corrected chi connectivity index (χ2v) is 6.07. The first-order valence-electron chi connectivity index (χ1n) is 8.56. The summed E-state index contributed by atoms with van der Waals surface area (Å²) < 4.78 is 5.15. The average molecular weight is 354 g/mol. The topological polar surface area (TPSA) is 83.6 Å². The minimum atomic E-state index is -0.378. The van der Waals surface area contributed by atoms with Crippen molar-refractivity contribution in [3.8, 4) is 5.88 Å². The van der Waals surface area contributed by atoms with Crippen molar-refractivity contribution in [1.82, 2.24) is 15.2 Å². The van der Waals surface area contributed by atoms with Gasteiger partial charge < -0.3 is 20.3 Å². The van der Waals surface area contributed by atoms with Crippen molar-refractivity contribution in [3.05, 3.63) is 54.2 Å². The lowest BCUT2D eigenvalue weighted by Gasteiger charge is -2.25. The molecular formula is C19H22N4O3. The predicted molar refractivity (Wildman–Crippen MR) is 97.9 cm³/mol. The Kier molecular flexibility index (Phi) is 5.68. The van der Waals surface area contributed by atoms with Gasteiger partial charge in [-0.2, -0.15) is 0 Å². The number of rotatable bonds is 6. The molecule has 0 radical (unpaired) electrons. The van der Waals surface area contributed by atoms with Crippen LogP contribution in [0.15, 0.2) is 48.7 Å². The van der Waals surface area contributed by atoms with E-state index in [4.69, 9.17) is 4.74 Å². The highest BCUT2D eigenvalue weighted by molar-refractivity contribution is 5.90. The molecule has 1 aromatic carbocycles. The number of aromatic nitrogens is 1. The van der Waals surface area contributed by atoms with Gasteiger partial charge in [0, 0.05) is 25.7 Å². The molecule has 2 heterocycles. The lowest BCUT2D eigenvalue weighted by Crippen LogP contribution is -2.40. The van der Waals surface area contributed by atoms with E-state index in [1.54, 1.807) is 23.2 Å². The van der Waals surface area contributed by atoms with Gasteiger partial charge in [-0.05, 0) is 24.1 Å². The second kappa shape index (κ2) is 8.33. The number of nitrogens with zero attached hydrogens (tertiary/aromatic N) is 2. The lowest BCUT2D eigenvalue weighted by atomic mass is 10.1. The van der Waals surface area contributed by atoms with E-state index in [1.807, 2.05) is 30.3 Å². The van der Waals surface area contributed by atoms with E-state index in [1.165, 1.54) is 7.11 Å². The molecule has 0 saturated carbocycles. The van der Waals surface area contributed by atoms with E-state index in [0.717, 1.165) is 18.5 Å². The third-order valence-corrected chi connectivity index (χ3v) is 4.29. The third kappa shape index (κ3) is 4.30. The van der Waals surface area contributed by atoms with Gasteiger partial charge in [0.25, 0.3) is 0 Å². The van der Waals surface area contributed by atoms with Crippen molar-refractivity contribution in [2.24, 2.45) is 0 Å². The summed E-state index contributed by atoms with van der Waals surface area (Å²) in [4.78, 5) is 30.3. The number of methoxy groups -OCH3 is 1. The summed E-state index contributed by atoms with van der Waals surface area (Å²) in [5.74, 6) is 0.468. The van der Waals surface area contributed by atoms with Gasteiger partial charge in [-0.3, -0.25) is 4.79 Å². The van der Waals surface area contributed by atoms with Crippen LogP contribution in [-0.2, 0) is 4.79 Å². The van der Waals surface area contributed by atoms with Crippen LogP contribution in [0.1, 0.15) is 24.4 Å². The Morgan fingerprint density at radius 3 is 2.77 bits per heavy atom. The van der Waals surface area contributed by atoms with Gasteiger partial charge in [0.05, 0.1) is 13.2 Å². The molecule has 1 aromatic heterocycles. The van der Waals surface area contributed by atoms with E-state index in [-0.39, 0.29) is 18.0 Å². The molecule has 1 saturated heterocycles. The molecule has 0 bridgehead atoms. The second-order valence-electron chi connectivity index (χ2n) is 6.07. The molecule has 1 fully saturated rings. The number of urea groups is 1. The summed E-state index contributed by atoms with van der Waals surface area (Å²) in [6.45, 7) is 1.17. The van der Waals surface area contributed by atoms with Crippen LogP contribution in [0.5, 0.6) is 5.88 Å². The largest absolute Gasteiger partial charge is 0.480 e. The fourth-order valence-electron chi connectivity index (χ4n) is 3.00. The Balaban J connectivity index is 1.72. The highest BCUT2D eigenvalue weighted by Gasteiger charge is 2.25. The zero-order valence-electron chi connectivity index (χ0n) is 14.6. The molecule has 2 N–H and O–H groups in total. The standard InChI is InChI=1S/C19H22N4O3/c1-26-18-15(9-5-11-20-18)21-19(25)22-16(14-7-3-2-4-8-14)13-23-12-6-10-17(23)24/h2-5,7-9,11,16H,6,10,12-13H2,1H3,(H2,21,22,25)/t16-/m1/s1. The first kappa shape index (κ1) is 17.7. The van der Waals surface area contributed by atoms with Crippen LogP contribution in [0, 0.1) is 0 Å². The fourth-order valence-corrected chi connectivity index (χ4v) is 3.00. The van der Waals surface area contributed by atoms with Crippen LogP contribution >= 0.6 is 0 Å². The van der Waals surface area contributed by atoms with Gasteiger partial charge in [-0.15, -0.1) is 0 Å². The number of ether oxygens (including phenoxy) is 1. The lowest BCUT2D eigenvalue weighted by molar-refractivity contribution is -0.128. The van der Waals surface area contributed by atoms with Crippen LogP contribution in [0.2, 0.25) is 0 Å². The molecule has 7 heteroatoms. The van der Waals surface area contributed by atoms with Crippen molar-refractivity contribution >= 4 is 17.6 Å². The van der Waals surface area contributed by atoms with Crippen molar-refractivity contribution in [1.29, 1.82) is 0 Å². The Labute approximate surface area is 152 Å². The fraction of sp³-hybridized carbons (Fsp3) is 0.316. The molecule has 7 nitrogen and oxygen atoms in total. The number of hydrogen-bond acceptors (Lipinski definition) is 4. The van der Waals surface area contributed by atoms with Gasteiger partial charge in [0.1, 0.15) is 5.69 Å². The third-order valence-electron chi connectivity index (χ3n) is 4.29. The monoisotopic (exact) mass is 354 g/mol. The molecule has 0 unspecified atom stereocenters. The molecule has 26 heavy (non-hydrogen) atoms. The SMILES string of the molecule is COc1ncccc1NC(=O)N[C@H](CN1CCCC1=O)c1ccccc1. The van der Waals surface area contributed by atoms with Crippen molar-refractivity contribution in [2.75, 3.05) is 25.5 Å². The molecule has 1 aliphatic rings. The van der Waals surface area contributed by atoms with Crippen LogP contribution < -0.4 is 15.4 Å². The Morgan fingerprint density at radius 1 is 1.27 bits per heavy atom. The summed E-state index contributed by atoms with van der Waals surface area (Å²) >= 11 is 0. The Hall–Kier alpha value is -3.09. The molecule has 0 spiro atoms. The number of benzene rings is 1. The summed E-state index contributed by atoms with van der Waals surface area (Å²) in [5, 5.41) is 5.71. The molecule has 0 aliphatic carbocycles. The van der Waals surface area contributed by atoms with Gasteiger partial charge in [-0.25, -0.2) is 9.78 Å². The molecule has 1 aliphatic heterocycles. The highest BCUT2D eigenvalue weighted by atomic mass is 16.5. The van der Waals surface area contributed by atoms with Crippen molar-refractivity contribution in [2.45, 2.75) is 18.9 Å². The van der Waals surface area contributed by atoms with Crippen molar-refractivity contribution < 1.29 is 14.3 Å². The normalized spacial score (nSPS) is 14.8. The number of likely N-dealkylation sites (tertiary alicyclic amines) is 1. The maximum absolute atomic E-state index is 12.5. The number of amides is 3. The van der Waals surface area contributed by atoms with Gasteiger partial charge in [-0.1, -0.05) is 30.3 Å². The number of hydrogen-bond donors (Lipinski definition) is 2. The van der Waals surface area contributed by atoms with Crippen LogP contribution in [-0.4, -0.2) is 42.0 Å². The van der Waals surface area contributed by atoms with Crippen molar-refractivity contribution in [3.63, 3.8) is 0 Å². The van der Waals surface area contributed by atoms with E-state index < -0.39 is 0 Å². The maximum Gasteiger partial charge on any atom is 0.319 e. The van der Waals surface area contributed by atoms with Crippen LogP contribution in [0.3, 0.4) is 0 Å². The molecule has 136 valence electrons.